The average molecular weight is 300 g/mol. The number of carbonyl (C=O) groups is 1. The second-order valence-electron chi connectivity index (χ2n) is 3.23. The largest absolute Gasteiger partial charge is 0.346 e. The highest BCUT2D eigenvalue weighted by molar-refractivity contribution is 9.10. The summed E-state index contributed by atoms with van der Waals surface area (Å²) in [6.07, 6.45) is 6.73. The lowest BCUT2D eigenvalue weighted by atomic mass is 10.2. The van der Waals surface area contributed by atoms with Gasteiger partial charge in [-0.2, -0.15) is 0 Å². The minimum atomic E-state index is -0.112. The summed E-state index contributed by atoms with van der Waals surface area (Å²) in [6.45, 7) is 0. The fourth-order valence-electron chi connectivity index (χ4n) is 1.36. The Morgan fingerprint density at radius 2 is 2.44 bits per heavy atom. The van der Waals surface area contributed by atoms with Crippen molar-refractivity contribution in [3.05, 3.63) is 34.6 Å². The number of nitrogens with zero attached hydrogens (tertiary/aromatic N) is 1. The highest BCUT2D eigenvalue weighted by Gasteiger charge is 2.02. The van der Waals surface area contributed by atoms with Crippen molar-refractivity contribution in [3.63, 3.8) is 0 Å². The van der Waals surface area contributed by atoms with Crippen LogP contribution in [0.5, 0.6) is 0 Å². The molecular formula is C11H8BrClN2O. The fraction of sp³-hybridized carbons (Fsp3) is 0.0909. The van der Waals surface area contributed by atoms with Crippen LogP contribution in [0.1, 0.15) is 5.56 Å². The molecule has 0 aliphatic heterocycles. The molecule has 5 heteroatoms. The van der Waals surface area contributed by atoms with Gasteiger partial charge in [-0.15, -0.1) is 11.6 Å². The summed E-state index contributed by atoms with van der Waals surface area (Å²) in [4.78, 5) is 18.3. The van der Waals surface area contributed by atoms with Gasteiger partial charge in [0.05, 0.1) is 5.88 Å². The summed E-state index contributed by atoms with van der Waals surface area (Å²) < 4.78 is 0.901. The smallest absolute Gasteiger partial charge is 0.170 e. The quantitative estimate of drug-likeness (QED) is 0.699. The van der Waals surface area contributed by atoms with Gasteiger partial charge in [-0.1, -0.05) is 0 Å². The van der Waals surface area contributed by atoms with E-state index in [2.05, 4.69) is 25.9 Å². The summed E-state index contributed by atoms with van der Waals surface area (Å²) in [7, 11) is 0. The molecule has 0 aliphatic carbocycles. The number of hydrogen-bond acceptors (Lipinski definition) is 2. The third kappa shape index (κ3) is 2.33. The van der Waals surface area contributed by atoms with Gasteiger partial charge in [-0.05, 0) is 34.1 Å². The Kier molecular flexibility index (Phi) is 3.41. The van der Waals surface area contributed by atoms with E-state index >= 15 is 0 Å². The standard InChI is InChI=1S/C11H8BrClN2O/c12-8-3-10-7(1-2-9(16)4-13)5-14-11(10)15-6-8/h1-3,5-6H,4H2,(H,14,15)/b2-1+. The van der Waals surface area contributed by atoms with Crippen LogP contribution in [0.15, 0.2) is 29.0 Å². The fourth-order valence-corrected chi connectivity index (χ4v) is 1.78. The first kappa shape index (κ1) is 11.4. The Labute approximate surface area is 106 Å². The zero-order valence-corrected chi connectivity index (χ0v) is 10.5. The maximum atomic E-state index is 11.1. The Bertz CT molecular complexity index is 562. The van der Waals surface area contributed by atoms with Crippen LogP contribution in [0.3, 0.4) is 0 Å². The second-order valence-corrected chi connectivity index (χ2v) is 4.41. The molecule has 0 fully saturated rings. The Morgan fingerprint density at radius 3 is 3.19 bits per heavy atom. The van der Waals surface area contributed by atoms with Gasteiger partial charge in [0.1, 0.15) is 5.65 Å². The number of aromatic amines is 1. The zero-order valence-electron chi connectivity index (χ0n) is 8.21. The molecular weight excluding hydrogens is 291 g/mol. The van der Waals surface area contributed by atoms with Crippen molar-refractivity contribution in [1.29, 1.82) is 0 Å². The number of nitrogens with one attached hydrogen (secondary N) is 1. The molecule has 0 unspecified atom stereocenters. The predicted octanol–water partition coefficient (Wildman–Crippen LogP) is 3.15. The summed E-state index contributed by atoms with van der Waals surface area (Å²) in [6, 6.07) is 1.95. The van der Waals surface area contributed by atoms with Crippen LogP contribution >= 0.6 is 27.5 Å². The molecule has 0 amide bonds. The highest BCUT2D eigenvalue weighted by Crippen LogP contribution is 2.21. The van der Waals surface area contributed by atoms with E-state index in [4.69, 9.17) is 11.6 Å². The van der Waals surface area contributed by atoms with Gasteiger partial charge in [0.15, 0.2) is 5.78 Å². The lowest BCUT2D eigenvalue weighted by Crippen LogP contribution is -1.91. The molecule has 0 bridgehead atoms. The maximum Gasteiger partial charge on any atom is 0.170 e. The number of halogens is 2. The summed E-state index contributed by atoms with van der Waals surface area (Å²) in [5.41, 5.74) is 1.71. The summed E-state index contributed by atoms with van der Waals surface area (Å²) in [5, 5.41) is 0.966. The molecule has 1 N–H and O–H groups in total. The molecule has 2 rings (SSSR count). The molecule has 0 spiro atoms. The van der Waals surface area contributed by atoms with E-state index in [-0.39, 0.29) is 11.7 Å². The van der Waals surface area contributed by atoms with Crippen molar-refractivity contribution in [2.45, 2.75) is 0 Å². The maximum absolute atomic E-state index is 11.1. The monoisotopic (exact) mass is 298 g/mol. The lowest BCUT2D eigenvalue weighted by molar-refractivity contribution is -0.112. The van der Waals surface area contributed by atoms with Crippen LogP contribution in [0.2, 0.25) is 0 Å². The molecule has 0 atom stereocenters. The normalized spacial score (nSPS) is 11.4. The Morgan fingerprint density at radius 1 is 1.62 bits per heavy atom. The molecule has 3 nitrogen and oxygen atoms in total. The van der Waals surface area contributed by atoms with Crippen molar-refractivity contribution in [2.75, 3.05) is 5.88 Å². The number of rotatable bonds is 3. The number of allylic oxidation sites excluding steroid dienone is 1. The molecule has 0 saturated carbocycles. The first-order chi connectivity index (χ1) is 7.70. The van der Waals surface area contributed by atoms with Crippen molar-refractivity contribution in [1.82, 2.24) is 9.97 Å². The van der Waals surface area contributed by atoms with Gasteiger partial charge in [0.2, 0.25) is 0 Å². The van der Waals surface area contributed by atoms with E-state index in [0.29, 0.717) is 0 Å². The summed E-state index contributed by atoms with van der Waals surface area (Å²) >= 11 is 8.76. The molecule has 2 aromatic rings. The third-order valence-corrected chi connectivity index (χ3v) is 2.81. The predicted molar refractivity (Wildman–Crippen MR) is 68.6 cm³/mol. The third-order valence-electron chi connectivity index (χ3n) is 2.11. The van der Waals surface area contributed by atoms with Crippen LogP contribution in [0.25, 0.3) is 17.1 Å². The minimum absolute atomic E-state index is 0.000793. The van der Waals surface area contributed by atoms with E-state index in [1.807, 2.05) is 12.3 Å². The second kappa shape index (κ2) is 4.80. The van der Waals surface area contributed by atoms with E-state index in [9.17, 15) is 4.79 Å². The SMILES string of the molecule is O=C(/C=C/c1c[nH]c2ncc(Br)cc12)CCl. The number of H-pyrrole nitrogens is 1. The average Bonchev–Trinajstić information content (AvgIpc) is 2.68. The van der Waals surface area contributed by atoms with Crippen LogP contribution < -0.4 is 0 Å². The van der Waals surface area contributed by atoms with Crippen LogP contribution in [-0.4, -0.2) is 21.6 Å². The minimum Gasteiger partial charge on any atom is -0.346 e. The molecule has 16 heavy (non-hydrogen) atoms. The first-order valence-electron chi connectivity index (χ1n) is 4.60. The van der Waals surface area contributed by atoms with Crippen LogP contribution in [0.4, 0.5) is 0 Å². The number of ketones is 1. The molecule has 0 saturated heterocycles. The van der Waals surface area contributed by atoms with Gasteiger partial charge in [0, 0.05) is 27.8 Å². The van der Waals surface area contributed by atoms with Crippen molar-refractivity contribution in [2.24, 2.45) is 0 Å². The number of hydrogen-bond donors (Lipinski definition) is 1. The van der Waals surface area contributed by atoms with Crippen molar-refractivity contribution in [3.8, 4) is 0 Å². The van der Waals surface area contributed by atoms with Crippen molar-refractivity contribution >= 4 is 50.4 Å². The van der Waals surface area contributed by atoms with E-state index in [1.165, 1.54) is 6.08 Å². The molecule has 2 heterocycles. The Balaban J connectivity index is 2.41. The van der Waals surface area contributed by atoms with Gasteiger partial charge < -0.3 is 4.98 Å². The van der Waals surface area contributed by atoms with Crippen LogP contribution in [-0.2, 0) is 4.79 Å². The zero-order chi connectivity index (χ0) is 11.5. The van der Waals surface area contributed by atoms with E-state index in [0.717, 1.165) is 21.1 Å². The molecule has 82 valence electrons. The highest BCUT2D eigenvalue weighted by atomic mass is 79.9. The number of pyridine rings is 1. The number of alkyl halides is 1. The van der Waals surface area contributed by atoms with Crippen LogP contribution in [0, 0.1) is 0 Å². The van der Waals surface area contributed by atoms with Gasteiger partial charge >= 0.3 is 0 Å². The van der Waals surface area contributed by atoms with E-state index < -0.39 is 0 Å². The molecule has 0 aromatic carbocycles. The first-order valence-corrected chi connectivity index (χ1v) is 5.93. The summed E-state index contributed by atoms with van der Waals surface area (Å²) in [5.74, 6) is -0.111. The van der Waals surface area contributed by atoms with Gasteiger partial charge in [-0.25, -0.2) is 4.98 Å². The number of aromatic nitrogens is 2. The van der Waals surface area contributed by atoms with Gasteiger partial charge in [0.25, 0.3) is 0 Å². The van der Waals surface area contributed by atoms with Crippen molar-refractivity contribution < 1.29 is 4.79 Å². The van der Waals surface area contributed by atoms with E-state index in [1.54, 1.807) is 12.3 Å². The molecule has 0 aliphatic rings. The number of fused-ring (bicyclic) bond motifs is 1. The van der Waals surface area contributed by atoms with Gasteiger partial charge in [-0.3, -0.25) is 4.79 Å². The topological polar surface area (TPSA) is 45.8 Å². The number of carbonyl (C=O) groups excluding carboxylic acids is 1. The molecule has 0 radical (unpaired) electrons. The lowest BCUT2D eigenvalue weighted by Gasteiger charge is -1.92. The Hall–Kier alpha value is -1.13. The molecule has 2 aromatic heterocycles.